The number of rotatable bonds is 6. The zero-order valence-corrected chi connectivity index (χ0v) is 19.5. The second-order valence-electron chi connectivity index (χ2n) is 9.64. The van der Waals surface area contributed by atoms with Crippen molar-refractivity contribution in [1.82, 2.24) is 30.0 Å². The van der Waals surface area contributed by atoms with Gasteiger partial charge in [0.25, 0.3) is 0 Å². The highest BCUT2D eigenvalue weighted by Gasteiger charge is 2.36. The van der Waals surface area contributed by atoms with Gasteiger partial charge in [0.1, 0.15) is 17.5 Å². The SMILES string of the molecule is COc1ccc(OC)c([C@H](c2nnnn2C(C)(C)C)N2CCN(C3CCCC3)CC2)c1. The molecule has 1 aromatic heterocycles. The maximum absolute atomic E-state index is 5.77. The van der Waals surface area contributed by atoms with Crippen LogP contribution in [0.4, 0.5) is 0 Å². The van der Waals surface area contributed by atoms with E-state index in [1.54, 1.807) is 14.2 Å². The van der Waals surface area contributed by atoms with E-state index in [4.69, 9.17) is 9.47 Å². The first-order valence-corrected chi connectivity index (χ1v) is 11.4. The number of methoxy groups -OCH3 is 2. The summed E-state index contributed by atoms with van der Waals surface area (Å²) in [6.45, 7) is 10.5. The third-order valence-corrected chi connectivity index (χ3v) is 6.66. The molecule has 0 unspecified atom stereocenters. The average Bonchev–Trinajstić information content (AvgIpc) is 3.47. The molecule has 1 saturated carbocycles. The highest BCUT2D eigenvalue weighted by molar-refractivity contribution is 5.44. The Morgan fingerprint density at radius 2 is 1.71 bits per heavy atom. The first kappa shape index (κ1) is 22.0. The Balaban J connectivity index is 1.70. The lowest BCUT2D eigenvalue weighted by Gasteiger charge is -2.41. The topological polar surface area (TPSA) is 68.5 Å². The quantitative estimate of drug-likeness (QED) is 0.700. The number of aromatic nitrogens is 4. The Morgan fingerprint density at radius 1 is 1.00 bits per heavy atom. The van der Waals surface area contributed by atoms with Crippen LogP contribution in [0.25, 0.3) is 0 Å². The Kier molecular flexibility index (Phi) is 6.48. The Labute approximate surface area is 185 Å². The fourth-order valence-corrected chi connectivity index (χ4v) is 5.02. The summed E-state index contributed by atoms with van der Waals surface area (Å²) in [5.41, 5.74) is 0.811. The van der Waals surface area contributed by atoms with Gasteiger partial charge in [-0.15, -0.1) is 5.10 Å². The minimum atomic E-state index is -0.227. The molecule has 0 radical (unpaired) electrons. The molecule has 2 fully saturated rings. The highest BCUT2D eigenvalue weighted by atomic mass is 16.5. The monoisotopic (exact) mass is 428 g/mol. The van der Waals surface area contributed by atoms with E-state index < -0.39 is 0 Å². The molecule has 2 aromatic rings. The zero-order valence-electron chi connectivity index (χ0n) is 19.5. The largest absolute Gasteiger partial charge is 0.497 e. The molecule has 8 nitrogen and oxygen atoms in total. The van der Waals surface area contributed by atoms with Crippen molar-refractivity contribution in [2.24, 2.45) is 0 Å². The Bertz CT molecular complexity index is 863. The zero-order chi connectivity index (χ0) is 22.0. The second kappa shape index (κ2) is 9.12. The number of tetrazole rings is 1. The van der Waals surface area contributed by atoms with Gasteiger partial charge in [0, 0.05) is 37.8 Å². The van der Waals surface area contributed by atoms with Crippen molar-refractivity contribution >= 4 is 0 Å². The number of hydrogen-bond donors (Lipinski definition) is 0. The Morgan fingerprint density at radius 3 is 2.32 bits per heavy atom. The van der Waals surface area contributed by atoms with Crippen LogP contribution < -0.4 is 9.47 Å². The molecule has 0 spiro atoms. The van der Waals surface area contributed by atoms with Crippen LogP contribution in [-0.4, -0.2) is 76.4 Å². The molecule has 0 N–H and O–H groups in total. The van der Waals surface area contributed by atoms with Crippen LogP contribution in [0.2, 0.25) is 0 Å². The molecule has 0 amide bonds. The molecule has 2 heterocycles. The normalized spacial score (nSPS) is 20.2. The lowest BCUT2D eigenvalue weighted by atomic mass is 9.99. The maximum Gasteiger partial charge on any atom is 0.173 e. The average molecular weight is 429 g/mol. The second-order valence-corrected chi connectivity index (χ2v) is 9.64. The molecule has 4 rings (SSSR count). The van der Waals surface area contributed by atoms with E-state index in [-0.39, 0.29) is 11.6 Å². The van der Waals surface area contributed by atoms with Gasteiger partial charge in [-0.05, 0) is 62.2 Å². The summed E-state index contributed by atoms with van der Waals surface area (Å²) in [4.78, 5) is 5.17. The van der Waals surface area contributed by atoms with E-state index in [2.05, 4.69) is 52.2 Å². The van der Waals surface area contributed by atoms with Crippen LogP contribution in [0.15, 0.2) is 18.2 Å². The van der Waals surface area contributed by atoms with Gasteiger partial charge in [0.05, 0.1) is 19.8 Å². The molecule has 8 heteroatoms. The standard InChI is InChI=1S/C23H36N6O2/c1-23(2,3)29-22(24-25-26-29)21(19-16-18(30-4)10-11-20(19)31-5)28-14-12-27(13-15-28)17-8-6-7-9-17/h10-11,16-17,21H,6-9,12-15H2,1-5H3/t21-/m1/s1. The van der Waals surface area contributed by atoms with E-state index in [1.165, 1.54) is 25.7 Å². The summed E-state index contributed by atoms with van der Waals surface area (Å²) >= 11 is 0. The molecule has 170 valence electrons. The molecule has 31 heavy (non-hydrogen) atoms. The summed E-state index contributed by atoms with van der Waals surface area (Å²) in [6, 6.07) is 6.62. The summed E-state index contributed by atoms with van der Waals surface area (Å²) in [5.74, 6) is 2.47. The van der Waals surface area contributed by atoms with Crippen LogP contribution in [0.1, 0.15) is 63.9 Å². The first-order valence-electron chi connectivity index (χ1n) is 11.4. The molecule has 1 atom stereocenters. The highest BCUT2D eigenvalue weighted by Crippen LogP contribution is 2.38. The summed E-state index contributed by atoms with van der Waals surface area (Å²) in [6.07, 6.45) is 5.43. The fourth-order valence-electron chi connectivity index (χ4n) is 5.02. The van der Waals surface area contributed by atoms with Crippen LogP contribution in [0.3, 0.4) is 0 Å². The van der Waals surface area contributed by atoms with Crippen LogP contribution in [0, 0.1) is 0 Å². The van der Waals surface area contributed by atoms with Gasteiger partial charge in [0.15, 0.2) is 5.82 Å². The van der Waals surface area contributed by atoms with E-state index in [0.29, 0.717) is 0 Å². The summed E-state index contributed by atoms with van der Waals surface area (Å²) in [7, 11) is 3.41. The van der Waals surface area contributed by atoms with E-state index >= 15 is 0 Å². The summed E-state index contributed by atoms with van der Waals surface area (Å²) in [5, 5.41) is 12.9. The number of benzene rings is 1. The van der Waals surface area contributed by atoms with Gasteiger partial charge in [-0.2, -0.15) is 0 Å². The number of nitrogens with zero attached hydrogens (tertiary/aromatic N) is 6. The maximum atomic E-state index is 5.77. The van der Waals surface area contributed by atoms with Gasteiger partial charge >= 0.3 is 0 Å². The fraction of sp³-hybridized carbons (Fsp3) is 0.696. The molecule has 1 aromatic carbocycles. The van der Waals surface area contributed by atoms with E-state index in [9.17, 15) is 0 Å². The third kappa shape index (κ3) is 4.55. The van der Waals surface area contributed by atoms with Crippen molar-refractivity contribution in [3.05, 3.63) is 29.6 Å². The lowest BCUT2D eigenvalue weighted by Crippen LogP contribution is -2.51. The predicted octanol–water partition coefficient (Wildman–Crippen LogP) is 3.09. The van der Waals surface area contributed by atoms with Crippen molar-refractivity contribution in [2.75, 3.05) is 40.4 Å². The van der Waals surface area contributed by atoms with Gasteiger partial charge < -0.3 is 9.47 Å². The van der Waals surface area contributed by atoms with Gasteiger partial charge in [0.2, 0.25) is 0 Å². The third-order valence-electron chi connectivity index (χ3n) is 6.66. The molecule has 1 aliphatic carbocycles. The van der Waals surface area contributed by atoms with Crippen molar-refractivity contribution < 1.29 is 9.47 Å². The smallest absolute Gasteiger partial charge is 0.173 e. The number of piperazine rings is 1. The minimum Gasteiger partial charge on any atom is -0.497 e. The van der Waals surface area contributed by atoms with Gasteiger partial charge in [-0.3, -0.25) is 9.80 Å². The van der Waals surface area contributed by atoms with Crippen LogP contribution in [0.5, 0.6) is 11.5 Å². The van der Waals surface area contributed by atoms with E-state index in [0.717, 1.165) is 55.1 Å². The van der Waals surface area contributed by atoms with Crippen molar-refractivity contribution in [3.63, 3.8) is 0 Å². The van der Waals surface area contributed by atoms with Crippen molar-refractivity contribution in [1.29, 1.82) is 0 Å². The van der Waals surface area contributed by atoms with Crippen molar-refractivity contribution in [3.8, 4) is 11.5 Å². The van der Waals surface area contributed by atoms with Gasteiger partial charge in [-0.1, -0.05) is 12.8 Å². The van der Waals surface area contributed by atoms with Gasteiger partial charge in [-0.25, -0.2) is 4.68 Å². The Hall–Kier alpha value is -2.19. The number of hydrogen-bond acceptors (Lipinski definition) is 7. The lowest BCUT2D eigenvalue weighted by molar-refractivity contribution is 0.0748. The van der Waals surface area contributed by atoms with Crippen LogP contribution >= 0.6 is 0 Å². The van der Waals surface area contributed by atoms with E-state index in [1.807, 2.05) is 16.8 Å². The first-order chi connectivity index (χ1) is 14.9. The molecule has 2 aliphatic rings. The summed E-state index contributed by atoms with van der Waals surface area (Å²) < 4.78 is 13.3. The molecule has 1 saturated heterocycles. The molecular weight excluding hydrogens is 392 g/mol. The molecular formula is C23H36N6O2. The molecule has 1 aliphatic heterocycles. The number of ether oxygens (including phenoxy) is 2. The molecule has 0 bridgehead atoms. The van der Waals surface area contributed by atoms with Crippen LogP contribution in [-0.2, 0) is 5.54 Å². The minimum absolute atomic E-state index is 0.106. The van der Waals surface area contributed by atoms with Crippen molar-refractivity contribution in [2.45, 2.75) is 64.1 Å². The predicted molar refractivity (Wildman–Crippen MR) is 120 cm³/mol.